The van der Waals surface area contributed by atoms with Crippen molar-refractivity contribution in [1.82, 2.24) is 0 Å². The van der Waals surface area contributed by atoms with Gasteiger partial charge in [-0.25, -0.2) is 4.79 Å². The molecule has 0 aromatic heterocycles. The van der Waals surface area contributed by atoms with Crippen LogP contribution in [0.4, 0.5) is 5.69 Å². The Morgan fingerprint density at radius 2 is 1.97 bits per heavy atom. The van der Waals surface area contributed by atoms with E-state index >= 15 is 0 Å². The van der Waals surface area contributed by atoms with Crippen LogP contribution in [0, 0.1) is 6.92 Å². The maximum absolute atomic E-state index is 12.0. The summed E-state index contributed by atoms with van der Waals surface area (Å²) in [5, 5.41) is 3.64. The summed E-state index contributed by atoms with van der Waals surface area (Å²) in [6, 6.07) is 8.47. The van der Waals surface area contributed by atoms with E-state index in [9.17, 15) is 9.59 Å². The monoisotopic (exact) mass is 435 g/mol. The fourth-order valence-corrected chi connectivity index (χ4v) is 3.15. The van der Waals surface area contributed by atoms with Gasteiger partial charge in [-0.1, -0.05) is 23.2 Å². The topological polar surface area (TPSA) is 73.9 Å². The van der Waals surface area contributed by atoms with E-state index in [1.807, 2.05) is 6.92 Å². The van der Waals surface area contributed by atoms with Gasteiger partial charge in [0.25, 0.3) is 5.91 Å². The second kappa shape index (κ2) is 9.67. The highest BCUT2D eigenvalue weighted by Gasteiger charge is 2.15. The molecule has 1 N–H and O–H groups in total. The van der Waals surface area contributed by atoms with E-state index in [-0.39, 0.29) is 0 Å². The van der Waals surface area contributed by atoms with E-state index in [1.165, 1.54) is 12.2 Å². The second-order valence-corrected chi connectivity index (χ2v) is 7.17. The van der Waals surface area contributed by atoms with Gasteiger partial charge in [-0.2, -0.15) is 0 Å². The molecule has 0 saturated carbocycles. The lowest BCUT2D eigenvalue weighted by atomic mass is 10.2. The molecule has 0 radical (unpaired) electrons. The Morgan fingerprint density at radius 1 is 1.17 bits per heavy atom. The molecule has 6 nitrogen and oxygen atoms in total. The van der Waals surface area contributed by atoms with E-state index in [4.69, 9.17) is 37.4 Å². The number of fused-ring (bicyclic) bond motifs is 1. The number of hydrogen-bond acceptors (Lipinski definition) is 5. The Labute approximate surface area is 178 Å². The van der Waals surface area contributed by atoms with E-state index in [1.54, 1.807) is 30.3 Å². The lowest BCUT2D eigenvalue weighted by Gasteiger charge is -2.10. The van der Waals surface area contributed by atoms with Crippen LogP contribution in [0.5, 0.6) is 11.5 Å². The van der Waals surface area contributed by atoms with Crippen LogP contribution in [0.2, 0.25) is 10.0 Å². The van der Waals surface area contributed by atoms with Gasteiger partial charge in [0.2, 0.25) is 0 Å². The van der Waals surface area contributed by atoms with Crippen molar-refractivity contribution in [1.29, 1.82) is 0 Å². The van der Waals surface area contributed by atoms with Crippen LogP contribution >= 0.6 is 23.2 Å². The molecular weight excluding hydrogens is 417 g/mol. The molecule has 1 aliphatic heterocycles. The number of esters is 1. The molecule has 2 aromatic rings. The van der Waals surface area contributed by atoms with E-state index in [2.05, 4.69) is 5.32 Å². The van der Waals surface area contributed by atoms with E-state index in [0.717, 1.165) is 12.0 Å². The van der Waals surface area contributed by atoms with Crippen LogP contribution in [-0.4, -0.2) is 31.7 Å². The first kappa shape index (κ1) is 21.0. The van der Waals surface area contributed by atoms with Gasteiger partial charge >= 0.3 is 5.97 Å². The Bertz CT molecular complexity index is 958. The molecular formula is C21H19Cl2NO5. The minimum atomic E-state index is -0.656. The molecule has 0 aliphatic carbocycles. The normalized spacial score (nSPS) is 13.1. The van der Waals surface area contributed by atoms with E-state index < -0.39 is 18.5 Å². The summed E-state index contributed by atoms with van der Waals surface area (Å²) in [5.74, 6) is -0.0780. The number of hydrogen-bond donors (Lipinski definition) is 1. The highest BCUT2D eigenvalue weighted by molar-refractivity contribution is 6.32. The van der Waals surface area contributed by atoms with Gasteiger partial charge in [0, 0.05) is 23.2 Å². The van der Waals surface area contributed by atoms with Crippen molar-refractivity contribution in [2.75, 3.05) is 25.1 Å². The Morgan fingerprint density at radius 3 is 2.76 bits per heavy atom. The predicted molar refractivity (Wildman–Crippen MR) is 112 cm³/mol. The average Bonchev–Trinajstić information content (AvgIpc) is 2.93. The fourth-order valence-electron chi connectivity index (χ4n) is 2.65. The second-order valence-electron chi connectivity index (χ2n) is 6.33. The SMILES string of the molecule is Cc1cc(Cl)ccc1NC(=O)COC(=O)/C=C/c1cc(Cl)c2c(c1)OCCCO2. The van der Waals surface area contributed by atoms with Gasteiger partial charge in [0.05, 0.1) is 18.2 Å². The smallest absolute Gasteiger partial charge is 0.331 e. The molecule has 1 heterocycles. The zero-order valence-electron chi connectivity index (χ0n) is 15.7. The summed E-state index contributed by atoms with van der Waals surface area (Å²) >= 11 is 12.1. The van der Waals surface area contributed by atoms with Gasteiger partial charge in [-0.15, -0.1) is 0 Å². The van der Waals surface area contributed by atoms with Crippen molar-refractivity contribution in [3.8, 4) is 11.5 Å². The van der Waals surface area contributed by atoms with Gasteiger partial charge in [0.1, 0.15) is 0 Å². The number of rotatable bonds is 5. The van der Waals surface area contributed by atoms with Crippen LogP contribution < -0.4 is 14.8 Å². The summed E-state index contributed by atoms with van der Waals surface area (Å²) < 4.78 is 16.1. The number of anilines is 1. The van der Waals surface area contributed by atoms with Crippen molar-refractivity contribution in [3.05, 3.63) is 57.6 Å². The van der Waals surface area contributed by atoms with Crippen LogP contribution in [0.3, 0.4) is 0 Å². The fraction of sp³-hybridized carbons (Fsp3) is 0.238. The molecule has 0 saturated heterocycles. The van der Waals surface area contributed by atoms with Crippen LogP contribution in [0.1, 0.15) is 17.5 Å². The summed E-state index contributed by atoms with van der Waals surface area (Å²) in [5.41, 5.74) is 2.06. The third-order valence-electron chi connectivity index (χ3n) is 4.04. The molecule has 2 aromatic carbocycles. The third kappa shape index (κ3) is 5.89. The summed E-state index contributed by atoms with van der Waals surface area (Å²) in [4.78, 5) is 23.9. The standard InChI is InChI=1S/C21H19Cl2NO5/c1-13-9-15(22)4-5-17(13)24-19(25)12-29-20(26)6-3-14-10-16(23)21-18(11-14)27-7-2-8-28-21/h3-6,9-11H,2,7-8,12H2,1H3,(H,24,25)/b6-3+. The Kier molecular flexibility index (Phi) is 7.01. The molecule has 8 heteroatoms. The van der Waals surface area contributed by atoms with Crippen molar-refractivity contribution in [2.45, 2.75) is 13.3 Å². The number of amides is 1. The quantitative estimate of drug-likeness (QED) is 0.545. The van der Waals surface area contributed by atoms with Gasteiger partial charge < -0.3 is 19.5 Å². The van der Waals surface area contributed by atoms with Gasteiger partial charge in [-0.05, 0) is 54.5 Å². The van der Waals surface area contributed by atoms with Gasteiger partial charge in [-0.3, -0.25) is 4.79 Å². The molecule has 3 rings (SSSR count). The predicted octanol–water partition coefficient (Wildman–Crippen LogP) is 4.66. The summed E-state index contributed by atoms with van der Waals surface area (Å²) in [6.45, 7) is 2.47. The van der Waals surface area contributed by atoms with Crippen molar-refractivity contribution in [3.63, 3.8) is 0 Å². The molecule has 0 fully saturated rings. The molecule has 0 spiro atoms. The van der Waals surface area contributed by atoms with E-state index in [0.29, 0.717) is 46.0 Å². The average molecular weight is 436 g/mol. The Balaban J connectivity index is 1.55. The minimum Gasteiger partial charge on any atom is -0.489 e. The lowest BCUT2D eigenvalue weighted by Crippen LogP contribution is -2.20. The van der Waals surface area contributed by atoms with Crippen molar-refractivity contribution >= 4 is 46.8 Å². The molecule has 0 bridgehead atoms. The van der Waals surface area contributed by atoms with Crippen LogP contribution in [-0.2, 0) is 14.3 Å². The molecule has 152 valence electrons. The highest BCUT2D eigenvalue weighted by Crippen LogP contribution is 2.38. The number of halogens is 2. The van der Waals surface area contributed by atoms with Gasteiger partial charge in [0.15, 0.2) is 18.1 Å². The number of benzene rings is 2. The number of carbonyl (C=O) groups is 2. The minimum absolute atomic E-state index is 0.398. The molecule has 0 atom stereocenters. The molecule has 1 amide bonds. The number of carbonyl (C=O) groups excluding carboxylic acids is 2. The number of ether oxygens (including phenoxy) is 3. The largest absolute Gasteiger partial charge is 0.489 e. The van der Waals surface area contributed by atoms with Crippen molar-refractivity contribution < 1.29 is 23.8 Å². The molecule has 0 unspecified atom stereocenters. The third-order valence-corrected chi connectivity index (χ3v) is 4.56. The number of aryl methyl sites for hydroxylation is 1. The van der Waals surface area contributed by atoms with Crippen LogP contribution in [0.15, 0.2) is 36.4 Å². The first-order valence-corrected chi connectivity index (χ1v) is 9.68. The van der Waals surface area contributed by atoms with Crippen molar-refractivity contribution in [2.24, 2.45) is 0 Å². The summed E-state index contributed by atoms with van der Waals surface area (Å²) in [7, 11) is 0. The zero-order chi connectivity index (χ0) is 20.8. The molecule has 29 heavy (non-hydrogen) atoms. The maximum atomic E-state index is 12.0. The summed E-state index contributed by atoms with van der Waals surface area (Å²) in [6.07, 6.45) is 3.51. The molecule has 1 aliphatic rings. The van der Waals surface area contributed by atoms with Crippen LogP contribution in [0.25, 0.3) is 6.08 Å². The first-order chi connectivity index (χ1) is 13.9. The lowest BCUT2D eigenvalue weighted by molar-refractivity contribution is -0.142. The zero-order valence-corrected chi connectivity index (χ0v) is 17.2. The highest BCUT2D eigenvalue weighted by atomic mass is 35.5. The number of nitrogens with one attached hydrogen (secondary N) is 1. The first-order valence-electron chi connectivity index (χ1n) is 8.92. The Hall–Kier alpha value is -2.70. The maximum Gasteiger partial charge on any atom is 0.331 e.